The largest absolute Gasteiger partial charge is 0.478 e. The highest BCUT2D eigenvalue weighted by atomic mass is 16.5. The topological polar surface area (TPSA) is 79.5 Å². The molecule has 2 aromatic heterocycles. The van der Waals surface area contributed by atoms with E-state index in [1.807, 2.05) is 48.3 Å². The van der Waals surface area contributed by atoms with Crippen LogP contribution < -0.4 is 0 Å². The fraction of sp³-hybridized carbons (Fsp3) is 0.167. The number of carbonyl (C=O) groups is 1. The number of nitrogens with zero attached hydrogens (tertiary/aromatic N) is 3. The zero-order valence-corrected chi connectivity index (χ0v) is 13.2. The van der Waals surface area contributed by atoms with Gasteiger partial charge in [0.15, 0.2) is 5.76 Å². The normalized spacial score (nSPS) is 10.9. The Morgan fingerprint density at radius 3 is 2.71 bits per heavy atom. The van der Waals surface area contributed by atoms with Gasteiger partial charge in [-0.15, -0.1) is 0 Å². The van der Waals surface area contributed by atoms with Crippen LogP contribution in [0.1, 0.15) is 21.7 Å². The van der Waals surface area contributed by atoms with Crippen LogP contribution in [-0.4, -0.2) is 33.2 Å². The molecule has 1 aromatic carbocycles. The molecule has 6 nitrogen and oxygen atoms in total. The van der Waals surface area contributed by atoms with Gasteiger partial charge in [-0.25, -0.2) is 4.79 Å². The van der Waals surface area contributed by atoms with Crippen molar-refractivity contribution >= 4 is 5.97 Å². The van der Waals surface area contributed by atoms with E-state index in [-0.39, 0.29) is 5.56 Å². The van der Waals surface area contributed by atoms with E-state index in [9.17, 15) is 9.90 Å². The van der Waals surface area contributed by atoms with E-state index in [0.717, 1.165) is 11.3 Å². The van der Waals surface area contributed by atoms with Crippen LogP contribution in [0.25, 0.3) is 11.3 Å². The summed E-state index contributed by atoms with van der Waals surface area (Å²) in [4.78, 5) is 17.3. The first-order valence-electron chi connectivity index (χ1n) is 7.50. The maximum atomic E-state index is 11.2. The minimum Gasteiger partial charge on any atom is -0.478 e. The number of hydrogen-bond donors (Lipinski definition) is 1. The highest BCUT2D eigenvalue weighted by Crippen LogP contribution is 2.20. The third kappa shape index (κ3) is 3.67. The first-order valence-corrected chi connectivity index (χ1v) is 7.50. The molecule has 0 saturated heterocycles. The average Bonchev–Trinajstić information content (AvgIpc) is 3.04. The Morgan fingerprint density at radius 1 is 1.17 bits per heavy atom. The summed E-state index contributed by atoms with van der Waals surface area (Å²) in [7, 11) is 1.89. The number of carboxylic acid groups (broad SMARTS) is 1. The molecule has 0 spiro atoms. The SMILES string of the molecule is CN(Cc1cc(-c2ccccc2)on1)Cc1ncccc1C(=O)O. The molecule has 2 heterocycles. The molecule has 24 heavy (non-hydrogen) atoms. The fourth-order valence-corrected chi connectivity index (χ4v) is 2.47. The summed E-state index contributed by atoms with van der Waals surface area (Å²) < 4.78 is 5.38. The first kappa shape index (κ1) is 15.9. The molecule has 3 rings (SSSR count). The van der Waals surface area contributed by atoms with Crippen LogP contribution in [-0.2, 0) is 13.1 Å². The third-order valence-electron chi connectivity index (χ3n) is 3.59. The van der Waals surface area contributed by atoms with Gasteiger partial charge >= 0.3 is 5.97 Å². The highest BCUT2D eigenvalue weighted by molar-refractivity contribution is 5.88. The van der Waals surface area contributed by atoms with E-state index >= 15 is 0 Å². The third-order valence-corrected chi connectivity index (χ3v) is 3.59. The number of aromatic carboxylic acids is 1. The number of carboxylic acids is 1. The molecule has 122 valence electrons. The lowest BCUT2D eigenvalue weighted by molar-refractivity contribution is 0.0694. The van der Waals surface area contributed by atoms with Gasteiger partial charge in [-0.2, -0.15) is 0 Å². The Kier molecular flexibility index (Phi) is 4.67. The van der Waals surface area contributed by atoms with Gasteiger partial charge in [0.25, 0.3) is 0 Å². The predicted octanol–water partition coefficient (Wildman–Crippen LogP) is 3.07. The molecule has 0 radical (unpaired) electrons. The van der Waals surface area contributed by atoms with Crippen LogP contribution in [0.4, 0.5) is 0 Å². The molecule has 0 bridgehead atoms. The van der Waals surface area contributed by atoms with Gasteiger partial charge in [-0.3, -0.25) is 9.88 Å². The van der Waals surface area contributed by atoms with Gasteiger partial charge in [0.1, 0.15) is 0 Å². The van der Waals surface area contributed by atoms with Gasteiger partial charge in [0.05, 0.1) is 17.0 Å². The van der Waals surface area contributed by atoms with Crippen LogP contribution in [0.15, 0.2) is 59.3 Å². The molecule has 0 fully saturated rings. The van der Waals surface area contributed by atoms with Crippen molar-refractivity contribution in [3.8, 4) is 11.3 Å². The van der Waals surface area contributed by atoms with Crippen LogP contribution in [0, 0.1) is 0 Å². The molecule has 6 heteroatoms. The maximum absolute atomic E-state index is 11.2. The first-order chi connectivity index (χ1) is 11.6. The highest BCUT2D eigenvalue weighted by Gasteiger charge is 2.14. The van der Waals surface area contributed by atoms with Crippen molar-refractivity contribution in [3.05, 3.63) is 71.7 Å². The minimum atomic E-state index is -0.973. The van der Waals surface area contributed by atoms with Gasteiger partial charge in [0.2, 0.25) is 0 Å². The van der Waals surface area contributed by atoms with Crippen molar-refractivity contribution in [2.75, 3.05) is 7.05 Å². The summed E-state index contributed by atoms with van der Waals surface area (Å²) >= 11 is 0. The molecule has 1 N–H and O–H groups in total. The van der Waals surface area contributed by atoms with Gasteiger partial charge < -0.3 is 9.63 Å². The van der Waals surface area contributed by atoms with Crippen molar-refractivity contribution in [1.82, 2.24) is 15.0 Å². The molecule has 0 atom stereocenters. The van der Waals surface area contributed by atoms with E-state index in [0.29, 0.717) is 24.5 Å². The lowest BCUT2D eigenvalue weighted by Crippen LogP contribution is -2.20. The lowest BCUT2D eigenvalue weighted by atomic mass is 10.1. The molecule has 0 aliphatic carbocycles. The maximum Gasteiger partial charge on any atom is 0.337 e. The Hall–Kier alpha value is -2.99. The summed E-state index contributed by atoms with van der Waals surface area (Å²) in [6, 6.07) is 14.8. The Morgan fingerprint density at radius 2 is 1.96 bits per heavy atom. The summed E-state index contributed by atoms with van der Waals surface area (Å²) in [6.45, 7) is 0.946. The van der Waals surface area contributed by atoms with Gasteiger partial charge in [-0.05, 0) is 19.2 Å². The van der Waals surface area contributed by atoms with Gasteiger partial charge in [-0.1, -0.05) is 35.5 Å². The molecule has 0 saturated carbocycles. The molecule has 3 aromatic rings. The molecule has 0 amide bonds. The number of hydrogen-bond acceptors (Lipinski definition) is 5. The van der Waals surface area contributed by atoms with Crippen molar-refractivity contribution in [2.45, 2.75) is 13.1 Å². The van der Waals surface area contributed by atoms with Crippen molar-refractivity contribution in [1.29, 1.82) is 0 Å². The second-order valence-electron chi connectivity index (χ2n) is 5.52. The zero-order chi connectivity index (χ0) is 16.9. The predicted molar refractivity (Wildman–Crippen MR) is 88.3 cm³/mol. The average molecular weight is 323 g/mol. The second-order valence-corrected chi connectivity index (χ2v) is 5.52. The van der Waals surface area contributed by atoms with Crippen LogP contribution >= 0.6 is 0 Å². The number of pyridine rings is 1. The molecule has 0 aliphatic rings. The summed E-state index contributed by atoms with van der Waals surface area (Å²) in [5.74, 6) is -0.262. The van der Waals surface area contributed by atoms with E-state index in [4.69, 9.17) is 4.52 Å². The van der Waals surface area contributed by atoms with Crippen molar-refractivity contribution in [3.63, 3.8) is 0 Å². The second kappa shape index (κ2) is 7.06. The van der Waals surface area contributed by atoms with E-state index in [1.54, 1.807) is 18.3 Å². The van der Waals surface area contributed by atoms with Crippen LogP contribution in [0.5, 0.6) is 0 Å². The standard InChI is InChI=1S/C18H17N3O3/c1-21(12-16-15(18(22)23)8-5-9-19-16)11-14-10-17(24-20-14)13-6-3-2-4-7-13/h2-10H,11-12H2,1H3,(H,22,23). The van der Waals surface area contributed by atoms with E-state index in [2.05, 4.69) is 10.1 Å². The molecular weight excluding hydrogens is 306 g/mol. The molecule has 0 aliphatic heterocycles. The summed E-state index contributed by atoms with van der Waals surface area (Å²) in [6.07, 6.45) is 1.60. The zero-order valence-electron chi connectivity index (χ0n) is 13.2. The number of benzene rings is 1. The lowest BCUT2D eigenvalue weighted by Gasteiger charge is -2.15. The number of aromatic nitrogens is 2. The molecule has 0 unspecified atom stereocenters. The van der Waals surface area contributed by atoms with Crippen molar-refractivity contribution in [2.24, 2.45) is 0 Å². The number of rotatable bonds is 6. The quantitative estimate of drug-likeness (QED) is 0.751. The van der Waals surface area contributed by atoms with E-state index < -0.39 is 5.97 Å². The van der Waals surface area contributed by atoms with Crippen LogP contribution in [0.3, 0.4) is 0 Å². The fourth-order valence-electron chi connectivity index (χ4n) is 2.47. The summed E-state index contributed by atoms with van der Waals surface area (Å²) in [5.41, 5.74) is 2.50. The molecular formula is C18H17N3O3. The van der Waals surface area contributed by atoms with E-state index in [1.165, 1.54) is 0 Å². The minimum absolute atomic E-state index is 0.217. The van der Waals surface area contributed by atoms with Gasteiger partial charge in [0, 0.05) is 30.9 Å². The summed E-state index contributed by atoms with van der Waals surface area (Å²) in [5, 5.41) is 13.3. The van der Waals surface area contributed by atoms with Crippen LogP contribution in [0.2, 0.25) is 0 Å². The van der Waals surface area contributed by atoms with Crippen molar-refractivity contribution < 1.29 is 14.4 Å². The Labute approximate surface area is 139 Å². The monoisotopic (exact) mass is 323 g/mol. The smallest absolute Gasteiger partial charge is 0.337 e. The Bertz CT molecular complexity index is 830. The Balaban J connectivity index is 1.69.